The quantitative estimate of drug-likeness (QED) is 0.447. The third-order valence-corrected chi connectivity index (χ3v) is 5.03. The molecular formula is C21H18ClFN6O2. The number of halogens is 2. The Bertz CT molecular complexity index is 1300. The maximum absolute atomic E-state index is 13.6. The number of nitrogens with zero attached hydrogens (tertiary/aromatic N) is 4. The Morgan fingerprint density at radius 2 is 2.00 bits per heavy atom. The third-order valence-electron chi connectivity index (χ3n) is 4.73. The molecule has 4 rings (SSSR count). The molecule has 10 heteroatoms. The fourth-order valence-electron chi connectivity index (χ4n) is 3.33. The fraction of sp³-hybridized carbons (Fsp3) is 0.143. The molecule has 0 radical (unpaired) electrons. The Hall–Kier alpha value is -3.56. The summed E-state index contributed by atoms with van der Waals surface area (Å²) in [6, 6.07) is 8.73. The van der Waals surface area contributed by atoms with Crippen molar-refractivity contribution in [3.8, 4) is 5.69 Å². The zero-order chi connectivity index (χ0) is 22.3. The van der Waals surface area contributed by atoms with Crippen LogP contribution in [0.5, 0.6) is 0 Å². The second-order valence-electron chi connectivity index (χ2n) is 7.07. The number of aryl methyl sites for hydroxylation is 2. The number of fused-ring (bicyclic) bond motifs is 1. The van der Waals surface area contributed by atoms with Crippen LogP contribution in [0.4, 0.5) is 15.9 Å². The van der Waals surface area contributed by atoms with Crippen molar-refractivity contribution in [2.75, 3.05) is 11.1 Å². The van der Waals surface area contributed by atoms with Crippen LogP contribution in [-0.2, 0) is 4.79 Å². The maximum Gasteiger partial charge on any atom is 0.257 e. The molecule has 4 aromatic rings. The number of nitrogens with two attached hydrogens (primary N) is 1. The van der Waals surface area contributed by atoms with Crippen LogP contribution in [0.15, 0.2) is 42.7 Å². The molecular weight excluding hydrogens is 423 g/mol. The molecule has 0 spiro atoms. The first-order valence-corrected chi connectivity index (χ1v) is 9.64. The van der Waals surface area contributed by atoms with Gasteiger partial charge in [0.05, 0.1) is 16.4 Å². The second-order valence-corrected chi connectivity index (χ2v) is 7.48. The van der Waals surface area contributed by atoms with E-state index in [-0.39, 0.29) is 16.4 Å². The highest BCUT2D eigenvalue weighted by Crippen LogP contribution is 2.30. The summed E-state index contributed by atoms with van der Waals surface area (Å²) in [6.45, 7) is 3.47. The molecule has 1 unspecified atom stereocenters. The number of benzene rings is 2. The minimum Gasteiger partial charge on any atom is -0.382 e. The number of amides is 1. The van der Waals surface area contributed by atoms with Crippen LogP contribution >= 0.6 is 11.6 Å². The van der Waals surface area contributed by atoms with E-state index >= 15 is 0 Å². The van der Waals surface area contributed by atoms with Crippen molar-refractivity contribution in [2.45, 2.75) is 20.0 Å². The predicted molar refractivity (Wildman–Crippen MR) is 116 cm³/mol. The Balaban J connectivity index is 1.62. The molecule has 0 aliphatic heterocycles. The van der Waals surface area contributed by atoms with Crippen LogP contribution < -0.4 is 11.1 Å². The minimum absolute atomic E-state index is 0.159. The third kappa shape index (κ3) is 3.92. The van der Waals surface area contributed by atoms with Gasteiger partial charge in [-0.05, 0) is 55.3 Å². The highest BCUT2D eigenvalue weighted by atomic mass is 35.5. The highest BCUT2D eigenvalue weighted by Gasteiger charge is 2.20. The Morgan fingerprint density at radius 3 is 2.71 bits per heavy atom. The van der Waals surface area contributed by atoms with Gasteiger partial charge in [0, 0.05) is 5.69 Å². The summed E-state index contributed by atoms with van der Waals surface area (Å²) in [7, 11) is 0. The molecule has 8 nitrogen and oxygen atoms in total. The van der Waals surface area contributed by atoms with Gasteiger partial charge in [-0.15, -0.1) is 0 Å². The maximum atomic E-state index is 13.6. The SMILES string of the molecule is Cc1cc(F)cc(C(O)C(=O)Nc2ccc(-n3nc(C)c4ncnc(N)c43)c(Cl)c2)c1. The number of nitrogens with one attached hydrogen (secondary N) is 1. The van der Waals surface area contributed by atoms with Gasteiger partial charge in [-0.1, -0.05) is 17.7 Å². The summed E-state index contributed by atoms with van der Waals surface area (Å²) < 4.78 is 15.1. The minimum atomic E-state index is -1.54. The summed E-state index contributed by atoms with van der Waals surface area (Å²) in [5.74, 6) is -0.987. The van der Waals surface area contributed by atoms with Crippen LogP contribution in [-0.4, -0.2) is 30.8 Å². The summed E-state index contributed by atoms with van der Waals surface area (Å²) >= 11 is 6.44. The van der Waals surface area contributed by atoms with Gasteiger partial charge < -0.3 is 16.2 Å². The average molecular weight is 441 g/mol. The first-order valence-electron chi connectivity index (χ1n) is 9.26. The van der Waals surface area contributed by atoms with Gasteiger partial charge in [-0.3, -0.25) is 4.79 Å². The number of aliphatic hydroxyl groups excluding tert-OH is 1. The van der Waals surface area contributed by atoms with Gasteiger partial charge in [0.25, 0.3) is 5.91 Å². The first-order chi connectivity index (χ1) is 14.7. The van der Waals surface area contributed by atoms with Crippen molar-refractivity contribution < 1.29 is 14.3 Å². The second kappa shape index (κ2) is 7.93. The van der Waals surface area contributed by atoms with Crippen molar-refractivity contribution in [3.63, 3.8) is 0 Å². The lowest BCUT2D eigenvalue weighted by Gasteiger charge is -2.14. The first kappa shape index (κ1) is 20.7. The summed E-state index contributed by atoms with van der Waals surface area (Å²) in [5, 5.41) is 17.6. The summed E-state index contributed by atoms with van der Waals surface area (Å²) in [4.78, 5) is 20.7. The van der Waals surface area contributed by atoms with Crippen LogP contribution in [0.1, 0.15) is 22.9 Å². The van der Waals surface area contributed by atoms with Gasteiger partial charge in [-0.2, -0.15) is 5.10 Å². The molecule has 2 aromatic heterocycles. The summed E-state index contributed by atoms with van der Waals surface area (Å²) in [6.07, 6.45) is -0.176. The van der Waals surface area contributed by atoms with Crippen molar-refractivity contribution >= 4 is 40.0 Å². The number of carbonyl (C=O) groups excluding carboxylic acids is 1. The summed E-state index contributed by atoms with van der Waals surface area (Å²) in [5.41, 5.74) is 9.41. The topological polar surface area (TPSA) is 119 Å². The van der Waals surface area contributed by atoms with Gasteiger partial charge in [0.2, 0.25) is 0 Å². The van der Waals surface area contributed by atoms with Crippen LogP contribution in [0, 0.1) is 19.7 Å². The molecule has 0 aliphatic carbocycles. The van der Waals surface area contributed by atoms with Crippen molar-refractivity contribution in [1.29, 1.82) is 0 Å². The normalized spacial score (nSPS) is 12.2. The van der Waals surface area contributed by atoms with Crippen LogP contribution in [0.25, 0.3) is 16.7 Å². The molecule has 1 amide bonds. The number of hydrogen-bond donors (Lipinski definition) is 3. The highest BCUT2D eigenvalue weighted by molar-refractivity contribution is 6.32. The molecule has 0 aliphatic rings. The molecule has 1 atom stereocenters. The molecule has 0 fully saturated rings. The van der Waals surface area contributed by atoms with E-state index in [1.165, 1.54) is 23.1 Å². The number of aliphatic hydroxyl groups is 1. The molecule has 2 aromatic carbocycles. The number of carbonyl (C=O) groups is 1. The van der Waals surface area contributed by atoms with Crippen molar-refractivity contribution in [3.05, 3.63) is 70.4 Å². The number of anilines is 2. The van der Waals surface area contributed by atoms with E-state index in [0.29, 0.717) is 33.7 Å². The van der Waals surface area contributed by atoms with E-state index in [4.69, 9.17) is 17.3 Å². The van der Waals surface area contributed by atoms with Crippen molar-refractivity contribution in [2.24, 2.45) is 0 Å². The number of hydrogen-bond acceptors (Lipinski definition) is 6. The van der Waals surface area contributed by atoms with E-state index in [2.05, 4.69) is 20.4 Å². The van der Waals surface area contributed by atoms with Crippen LogP contribution in [0.2, 0.25) is 5.02 Å². The molecule has 31 heavy (non-hydrogen) atoms. The Morgan fingerprint density at radius 1 is 1.23 bits per heavy atom. The lowest BCUT2D eigenvalue weighted by atomic mass is 10.1. The zero-order valence-corrected chi connectivity index (χ0v) is 17.4. The molecule has 4 N–H and O–H groups in total. The molecule has 0 saturated carbocycles. The lowest BCUT2D eigenvalue weighted by molar-refractivity contribution is -0.124. The van der Waals surface area contributed by atoms with Gasteiger partial charge in [-0.25, -0.2) is 19.0 Å². The van der Waals surface area contributed by atoms with Crippen LogP contribution in [0.3, 0.4) is 0 Å². The molecule has 158 valence electrons. The number of nitrogen functional groups attached to an aromatic ring is 1. The average Bonchev–Trinajstić information content (AvgIpc) is 3.04. The zero-order valence-electron chi connectivity index (χ0n) is 16.6. The Kier molecular flexibility index (Phi) is 5.30. The van der Waals surface area contributed by atoms with E-state index in [9.17, 15) is 14.3 Å². The van der Waals surface area contributed by atoms with Crippen molar-refractivity contribution in [1.82, 2.24) is 19.7 Å². The smallest absolute Gasteiger partial charge is 0.257 e. The molecule has 0 saturated heterocycles. The number of aromatic nitrogens is 4. The van der Waals surface area contributed by atoms with Gasteiger partial charge in [0.1, 0.15) is 23.2 Å². The van der Waals surface area contributed by atoms with E-state index in [1.807, 2.05) is 0 Å². The fourth-order valence-corrected chi connectivity index (χ4v) is 3.59. The largest absolute Gasteiger partial charge is 0.382 e. The number of rotatable bonds is 4. The van der Waals surface area contributed by atoms with E-state index in [0.717, 1.165) is 6.07 Å². The molecule has 0 bridgehead atoms. The lowest BCUT2D eigenvalue weighted by Crippen LogP contribution is -2.21. The predicted octanol–water partition coefficient (Wildman–Crippen LogP) is 3.48. The van der Waals surface area contributed by atoms with E-state index < -0.39 is 17.8 Å². The van der Waals surface area contributed by atoms with Gasteiger partial charge in [0.15, 0.2) is 11.9 Å². The molecule has 2 heterocycles. The van der Waals surface area contributed by atoms with Gasteiger partial charge >= 0.3 is 0 Å². The van der Waals surface area contributed by atoms with E-state index in [1.54, 1.807) is 32.0 Å². The standard InChI is InChI=1S/C21H18ClFN6O2/c1-10-5-12(7-13(23)6-10)19(30)21(31)27-14-3-4-16(15(22)8-14)29-18-17(11(2)28-29)25-9-26-20(18)24/h3-9,19,30H,1-2H3,(H,27,31)(H2,24,25,26). The monoisotopic (exact) mass is 440 g/mol. The Labute approximate surface area is 181 Å².